The van der Waals surface area contributed by atoms with Gasteiger partial charge in [-0.2, -0.15) is 0 Å². The molecule has 0 spiro atoms. The molecule has 9 heavy (non-hydrogen) atoms. The third-order valence-corrected chi connectivity index (χ3v) is 1.77. The van der Waals surface area contributed by atoms with E-state index in [1.165, 1.54) is 0 Å². The van der Waals surface area contributed by atoms with Crippen molar-refractivity contribution in [2.45, 2.75) is 39.8 Å². The zero-order valence-electron chi connectivity index (χ0n) is 6.39. The fourth-order valence-corrected chi connectivity index (χ4v) is 0.596. The molecular formula is C6H15Cl2N. The normalized spacial score (nSPS) is 10.7. The first kappa shape index (κ1) is 12.2. The number of nitrogens with zero attached hydrogens (tertiary/aromatic N) is 1. The van der Waals surface area contributed by atoms with Crippen LogP contribution in [0.5, 0.6) is 0 Å². The van der Waals surface area contributed by atoms with Crippen LogP contribution in [0.2, 0.25) is 0 Å². The van der Waals surface area contributed by atoms with Gasteiger partial charge in [0.15, 0.2) is 0 Å². The molecule has 0 radical (unpaired) electrons. The SMILES string of the molecule is CC(C)N(Cl)C(C)C.Cl. The third kappa shape index (κ3) is 5.01. The van der Waals surface area contributed by atoms with Gasteiger partial charge in [-0.1, -0.05) is 0 Å². The van der Waals surface area contributed by atoms with E-state index in [2.05, 4.69) is 27.7 Å². The average Bonchev–Trinajstić information content (AvgIpc) is 1.64. The smallest absolute Gasteiger partial charge is 0.0197 e. The summed E-state index contributed by atoms with van der Waals surface area (Å²) in [6.07, 6.45) is 0. The van der Waals surface area contributed by atoms with Gasteiger partial charge in [0, 0.05) is 12.1 Å². The molecule has 0 bridgehead atoms. The van der Waals surface area contributed by atoms with Crippen molar-refractivity contribution in [3.63, 3.8) is 0 Å². The average molecular weight is 172 g/mol. The van der Waals surface area contributed by atoms with Crippen LogP contribution in [0.3, 0.4) is 0 Å². The van der Waals surface area contributed by atoms with Gasteiger partial charge >= 0.3 is 0 Å². The van der Waals surface area contributed by atoms with Crippen LogP contribution in [0.4, 0.5) is 0 Å². The van der Waals surface area contributed by atoms with E-state index in [9.17, 15) is 0 Å². The monoisotopic (exact) mass is 171 g/mol. The maximum absolute atomic E-state index is 5.78. The fraction of sp³-hybridized carbons (Fsp3) is 1.00. The van der Waals surface area contributed by atoms with Gasteiger partial charge in [-0.05, 0) is 39.5 Å². The van der Waals surface area contributed by atoms with Gasteiger partial charge in [-0.25, -0.2) is 4.42 Å². The minimum absolute atomic E-state index is 0. The second-order valence-corrected chi connectivity index (χ2v) is 2.92. The van der Waals surface area contributed by atoms with Crippen LogP contribution in [0.15, 0.2) is 0 Å². The lowest BCUT2D eigenvalue weighted by atomic mass is 10.3. The molecular weight excluding hydrogens is 157 g/mol. The molecule has 0 unspecified atom stereocenters. The minimum Gasteiger partial charge on any atom is -0.215 e. The summed E-state index contributed by atoms with van der Waals surface area (Å²) in [5.74, 6) is 0. The highest BCUT2D eigenvalue weighted by Crippen LogP contribution is 2.06. The highest BCUT2D eigenvalue weighted by molar-refractivity contribution is 6.13. The molecule has 0 aliphatic carbocycles. The van der Waals surface area contributed by atoms with Gasteiger partial charge in [-0.15, -0.1) is 12.4 Å². The summed E-state index contributed by atoms with van der Waals surface area (Å²) in [4.78, 5) is 0. The Balaban J connectivity index is 0. The predicted molar refractivity (Wildman–Crippen MR) is 45.2 cm³/mol. The van der Waals surface area contributed by atoms with Crippen LogP contribution in [0.1, 0.15) is 27.7 Å². The molecule has 0 saturated heterocycles. The standard InChI is InChI=1S/C6H14ClN.ClH/c1-5(2)8(7)6(3)4;/h5-6H,1-4H3;1H. The number of rotatable bonds is 2. The molecule has 0 fully saturated rings. The molecule has 1 nitrogen and oxygen atoms in total. The minimum atomic E-state index is 0. The Bertz CT molecular complexity index is 56.1. The summed E-state index contributed by atoms with van der Waals surface area (Å²) in [6.45, 7) is 8.31. The van der Waals surface area contributed by atoms with Crippen molar-refractivity contribution >= 4 is 24.2 Å². The molecule has 0 aromatic rings. The Morgan fingerprint density at radius 3 is 1.22 bits per heavy atom. The first-order valence-electron chi connectivity index (χ1n) is 2.99. The summed E-state index contributed by atoms with van der Waals surface area (Å²) in [5, 5.41) is 0. The molecule has 0 aliphatic heterocycles. The van der Waals surface area contributed by atoms with Crippen LogP contribution in [-0.4, -0.2) is 16.5 Å². The second kappa shape index (κ2) is 5.33. The number of hydrogen-bond donors (Lipinski definition) is 0. The zero-order valence-corrected chi connectivity index (χ0v) is 7.96. The summed E-state index contributed by atoms with van der Waals surface area (Å²) in [5.41, 5.74) is 0. The van der Waals surface area contributed by atoms with Crippen molar-refractivity contribution in [1.82, 2.24) is 4.42 Å². The van der Waals surface area contributed by atoms with Crippen molar-refractivity contribution in [1.29, 1.82) is 0 Å². The van der Waals surface area contributed by atoms with Gasteiger partial charge < -0.3 is 0 Å². The van der Waals surface area contributed by atoms with Crippen molar-refractivity contribution in [2.24, 2.45) is 0 Å². The van der Waals surface area contributed by atoms with E-state index in [0.717, 1.165) is 0 Å². The van der Waals surface area contributed by atoms with E-state index in [1.54, 1.807) is 4.42 Å². The first-order chi connectivity index (χ1) is 3.55. The largest absolute Gasteiger partial charge is 0.215 e. The van der Waals surface area contributed by atoms with E-state index in [0.29, 0.717) is 12.1 Å². The van der Waals surface area contributed by atoms with Crippen LogP contribution in [0.25, 0.3) is 0 Å². The molecule has 0 aliphatic rings. The van der Waals surface area contributed by atoms with E-state index in [-0.39, 0.29) is 12.4 Å². The first-order valence-corrected chi connectivity index (χ1v) is 3.33. The summed E-state index contributed by atoms with van der Waals surface area (Å²) in [7, 11) is 0. The van der Waals surface area contributed by atoms with Crippen molar-refractivity contribution < 1.29 is 0 Å². The Morgan fingerprint density at radius 1 is 1.00 bits per heavy atom. The molecule has 58 valence electrons. The van der Waals surface area contributed by atoms with Crippen molar-refractivity contribution in [2.75, 3.05) is 0 Å². The molecule has 3 heteroatoms. The zero-order chi connectivity index (χ0) is 6.73. The molecule has 0 heterocycles. The molecule has 0 N–H and O–H groups in total. The summed E-state index contributed by atoms with van der Waals surface area (Å²) >= 11 is 5.78. The number of hydrogen-bond acceptors (Lipinski definition) is 1. The third-order valence-electron chi connectivity index (χ3n) is 0.987. The second-order valence-electron chi connectivity index (χ2n) is 2.53. The Kier molecular flexibility index (Phi) is 7.25. The van der Waals surface area contributed by atoms with E-state index < -0.39 is 0 Å². The fourth-order valence-electron chi connectivity index (χ4n) is 0.596. The Hall–Kier alpha value is 0.540. The van der Waals surface area contributed by atoms with Gasteiger partial charge in [0.05, 0.1) is 0 Å². The molecule has 0 amide bonds. The summed E-state index contributed by atoms with van der Waals surface area (Å²) in [6, 6.07) is 0.883. The van der Waals surface area contributed by atoms with Crippen LogP contribution >= 0.6 is 24.2 Å². The lowest BCUT2D eigenvalue weighted by Crippen LogP contribution is -2.27. The lowest BCUT2D eigenvalue weighted by molar-refractivity contribution is 0.321. The van der Waals surface area contributed by atoms with Crippen LogP contribution < -0.4 is 0 Å². The van der Waals surface area contributed by atoms with E-state index in [4.69, 9.17) is 11.8 Å². The summed E-state index contributed by atoms with van der Waals surface area (Å²) < 4.78 is 1.81. The van der Waals surface area contributed by atoms with Gasteiger partial charge in [0.25, 0.3) is 0 Å². The molecule has 0 aromatic heterocycles. The van der Waals surface area contributed by atoms with Gasteiger partial charge in [-0.3, -0.25) is 0 Å². The molecule has 0 saturated carbocycles. The van der Waals surface area contributed by atoms with Gasteiger partial charge in [0.1, 0.15) is 0 Å². The number of halogens is 2. The molecule has 0 aromatic carbocycles. The molecule has 0 atom stereocenters. The lowest BCUT2D eigenvalue weighted by Gasteiger charge is -2.21. The quantitative estimate of drug-likeness (QED) is 0.579. The van der Waals surface area contributed by atoms with Gasteiger partial charge in [0.2, 0.25) is 0 Å². The highest BCUT2D eigenvalue weighted by atomic mass is 35.5. The van der Waals surface area contributed by atoms with E-state index >= 15 is 0 Å². The maximum atomic E-state index is 5.78. The van der Waals surface area contributed by atoms with Crippen molar-refractivity contribution in [3.05, 3.63) is 0 Å². The molecule has 0 rings (SSSR count). The van der Waals surface area contributed by atoms with Crippen LogP contribution in [0, 0.1) is 0 Å². The van der Waals surface area contributed by atoms with Crippen LogP contribution in [-0.2, 0) is 0 Å². The van der Waals surface area contributed by atoms with Crippen molar-refractivity contribution in [3.8, 4) is 0 Å². The van der Waals surface area contributed by atoms with E-state index in [1.807, 2.05) is 0 Å². The highest BCUT2D eigenvalue weighted by Gasteiger charge is 2.07. The Labute approximate surface area is 68.9 Å². The predicted octanol–water partition coefficient (Wildman–Crippen LogP) is 2.68. The Morgan fingerprint density at radius 2 is 1.22 bits per heavy atom. The maximum Gasteiger partial charge on any atom is 0.0197 e. The topological polar surface area (TPSA) is 3.24 Å².